The van der Waals surface area contributed by atoms with Gasteiger partial charge in [0.2, 0.25) is 0 Å². The molecule has 0 amide bonds. The molecule has 0 saturated carbocycles. The Hall–Kier alpha value is -1.65. The lowest BCUT2D eigenvalue weighted by atomic mass is 9.97. The second kappa shape index (κ2) is 5.28. The van der Waals surface area contributed by atoms with Crippen LogP contribution in [-0.2, 0) is 6.54 Å². The highest BCUT2D eigenvalue weighted by Gasteiger charge is 2.32. The Morgan fingerprint density at radius 2 is 2.00 bits per heavy atom. The van der Waals surface area contributed by atoms with E-state index in [4.69, 9.17) is 5.73 Å². The van der Waals surface area contributed by atoms with Gasteiger partial charge in [0, 0.05) is 48.9 Å². The summed E-state index contributed by atoms with van der Waals surface area (Å²) in [4.78, 5) is 9.45. The first kappa shape index (κ1) is 14.3. The molecule has 1 saturated heterocycles. The molecule has 2 aromatic rings. The summed E-state index contributed by atoms with van der Waals surface area (Å²) in [6.07, 6.45) is 1.93. The molecule has 4 heteroatoms. The molecule has 0 radical (unpaired) electrons. The topological polar surface area (TPSA) is 45.4 Å². The van der Waals surface area contributed by atoms with Crippen LogP contribution in [0.3, 0.4) is 0 Å². The van der Waals surface area contributed by atoms with Crippen LogP contribution in [0.2, 0.25) is 0 Å². The molecular weight excluding hydrogens is 260 g/mol. The molecule has 0 unspecified atom stereocenters. The van der Waals surface area contributed by atoms with Crippen molar-refractivity contribution in [3.8, 4) is 0 Å². The fourth-order valence-corrected chi connectivity index (χ4v) is 3.12. The summed E-state index contributed by atoms with van der Waals surface area (Å²) in [6, 6.07) is 8.34. The van der Waals surface area contributed by atoms with Crippen LogP contribution in [0.5, 0.6) is 0 Å². The SMILES string of the molecule is CN1CCN(c2c(CN)cnc3ccccc23)CC1(C)C. The number of fused-ring (bicyclic) bond motifs is 1. The van der Waals surface area contributed by atoms with Gasteiger partial charge in [0.1, 0.15) is 0 Å². The third-order valence-corrected chi connectivity index (χ3v) is 4.68. The Bertz CT molecular complexity index is 650. The van der Waals surface area contributed by atoms with Gasteiger partial charge in [-0.25, -0.2) is 0 Å². The second-order valence-electron chi connectivity index (χ2n) is 6.51. The van der Waals surface area contributed by atoms with E-state index in [1.54, 1.807) is 0 Å². The van der Waals surface area contributed by atoms with Gasteiger partial charge in [-0.3, -0.25) is 9.88 Å². The van der Waals surface area contributed by atoms with Crippen molar-refractivity contribution < 1.29 is 0 Å². The summed E-state index contributed by atoms with van der Waals surface area (Å²) in [6.45, 7) is 8.22. The molecule has 1 aromatic carbocycles. The van der Waals surface area contributed by atoms with Gasteiger partial charge in [0.15, 0.2) is 0 Å². The summed E-state index contributed by atoms with van der Waals surface area (Å²) in [5.41, 5.74) is 9.57. The predicted molar refractivity (Wildman–Crippen MR) is 88.6 cm³/mol. The van der Waals surface area contributed by atoms with Gasteiger partial charge in [0.25, 0.3) is 0 Å². The molecule has 112 valence electrons. The van der Waals surface area contributed by atoms with Crippen LogP contribution in [0.1, 0.15) is 19.4 Å². The van der Waals surface area contributed by atoms with Crippen LogP contribution < -0.4 is 10.6 Å². The molecule has 3 rings (SSSR count). The van der Waals surface area contributed by atoms with Gasteiger partial charge in [-0.2, -0.15) is 0 Å². The van der Waals surface area contributed by atoms with Crippen molar-refractivity contribution in [2.75, 3.05) is 31.6 Å². The van der Waals surface area contributed by atoms with E-state index >= 15 is 0 Å². The molecular formula is C17H24N4. The van der Waals surface area contributed by atoms with Gasteiger partial charge in [-0.15, -0.1) is 0 Å². The van der Waals surface area contributed by atoms with Crippen molar-refractivity contribution in [2.24, 2.45) is 5.73 Å². The molecule has 4 nitrogen and oxygen atoms in total. The van der Waals surface area contributed by atoms with Crippen LogP contribution in [0.15, 0.2) is 30.5 Å². The quantitative estimate of drug-likeness (QED) is 0.918. The zero-order valence-corrected chi connectivity index (χ0v) is 13.1. The molecule has 0 bridgehead atoms. The number of pyridine rings is 1. The van der Waals surface area contributed by atoms with Gasteiger partial charge in [0.05, 0.1) is 11.2 Å². The average Bonchev–Trinajstić information content (AvgIpc) is 2.49. The molecule has 21 heavy (non-hydrogen) atoms. The number of nitrogens with zero attached hydrogens (tertiary/aromatic N) is 3. The fraction of sp³-hybridized carbons (Fsp3) is 0.471. The highest BCUT2D eigenvalue weighted by atomic mass is 15.3. The second-order valence-corrected chi connectivity index (χ2v) is 6.51. The smallest absolute Gasteiger partial charge is 0.0723 e. The normalized spacial score (nSPS) is 19.1. The molecule has 2 N–H and O–H groups in total. The standard InChI is InChI=1S/C17H24N4/c1-17(2)12-21(9-8-20(17)3)16-13(10-18)11-19-15-7-5-4-6-14(15)16/h4-7,11H,8-10,12,18H2,1-3H3. The molecule has 0 aliphatic carbocycles. The number of aromatic nitrogens is 1. The first-order chi connectivity index (χ1) is 10.0. The van der Waals surface area contributed by atoms with Crippen LogP contribution in [-0.4, -0.2) is 42.1 Å². The van der Waals surface area contributed by atoms with E-state index in [0.717, 1.165) is 30.7 Å². The summed E-state index contributed by atoms with van der Waals surface area (Å²) >= 11 is 0. The van der Waals surface area contributed by atoms with Crippen LogP contribution in [0, 0.1) is 0 Å². The zero-order chi connectivity index (χ0) is 15.0. The number of para-hydroxylation sites is 1. The largest absolute Gasteiger partial charge is 0.368 e. The maximum atomic E-state index is 5.97. The maximum Gasteiger partial charge on any atom is 0.0723 e. The summed E-state index contributed by atoms with van der Waals surface area (Å²) in [7, 11) is 2.20. The highest BCUT2D eigenvalue weighted by molar-refractivity contribution is 5.93. The lowest BCUT2D eigenvalue weighted by Gasteiger charge is -2.46. The molecule has 0 spiro atoms. The lowest BCUT2D eigenvalue weighted by molar-refractivity contribution is 0.139. The number of rotatable bonds is 2. The summed E-state index contributed by atoms with van der Waals surface area (Å²) in [5.74, 6) is 0. The number of piperazine rings is 1. The average molecular weight is 284 g/mol. The van der Waals surface area contributed by atoms with Crippen LogP contribution >= 0.6 is 0 Å². The molecule has 2 heterocycles. The minimum absolute atomic E-state index is 0.161. The first-order valence-corrected chi connectivity index (χ1v) is 7.56. The van der Waals surface area contributed by atoms with E-state index in [-0.39, 0.29) is 5.54 Å². The van der Waals surface area contributed by atoms with Crippen LogP contribution in [0.4, 0.5) is 5.69 Å². The molecule has 1 aliphatic heterocycles. The maximum absolute atomic E-state index is 5.97. The van der Waals surface area contributed by atoms with E-state index in [0.29, 0.717) is 6.54 Å². The van der Waals surface area contributed by atoms with Gasteiger partial charge >= 0.3 is 0 Å². The number of anilines is 1. The first-order valence-electron chi connectivity index (χ1n) is 7.56. The van der Waals surface area contributed by atoms with Crippen molar-refractivity contribution in [3.05, 3.63) is 36.0 Å². The fourth-order valence-electron chi connectivity index (χ4n) is 3.12. The zero-order valence-electron chi connectivity index (χ0n) is 13.1. The number of hydrogen-bond acceptors (Lipinski definition) is 4. The van der Waals surface area contributed by atoms with E-state index < -0.39 is 0 Å². The molecule has 1 aliphatic rings. The Morgan fingerprint density at radius 1 is 1.24 bits per heavy atom. The van der Waals surface area contributed by atoms with Gasteiger partial charge in [-0.05, 0) is 27.0 Å². The summed E-state index contributed by atoms with van der Waals surface area (Å²) in [5, 5.41) is 1.21. The molecule has 1 aromatic heterocycles. The third kappa shape index (κ3) is 2.49. The number of nitrogens with two attached hydrogens (primary N) is 1. The van der Waals surface area contributed by atoms with Crippen molar-refractivity contribution in [1.82, 2.24) is 9.88 Å². The van der Waals surface area contributed by atoms with Crippen LogP contribution in [0.25, 0.3) is 10.9 Å². The van der Waals surface area contributed by atoms with Crippen molar-refractivity contribution in [1.29, 1.82) is 0 Å². The minimum Gasteiger partial charge on any atom is -0.368 e. The van der Waals surface area contributed by atoms with Gasteiger partial charge < -0.3 is 10.6 Å². The lowest BCUT2D eigenvalue weighted by Crippen LogP contribution is -2.58. The third-order valence-electron chi connectivity index (χ3n) is 4.68. The van der Waals surface area contributed by atoms with Crippen molar-refractivity contribution in [3.63, 3.8) is 0 Å². The Kier molecular flexibility index (Phi) is 3.59. The number of hydrogen-bond donors (Lipinski definition) is 1. The number of likely N-dealkylation sites (N-methyl/N-ethyl adjacent to an activating group) is 1. The molecule has 1 fully saturated rings. The van der Waals surface area contributed by atoms with Gasteiger partial charge in [-0.1, -0.05) is 18.2 Å². The minimum atomic E-state index is 0.161. The van der Waals surface area contributed by atoms with Crippen molar-refractivity contribution in [2.45, 2.75) is 25.9 Å². The van der Waals surface area contributed by atoms with E-state index in [2.05, 4.69) is 53.9 Å². The number of benzene rings is 1. The van der Waals surface area contributed by atoms with Crippen molar-refractivity contribution >= 4 is 16.6 Å². The predicted octanol–water partition coefficient (Wildman–Crippen LogP) is 2.22. The Balaban J connectivity index is 2.10. The molecule has 0 atom stereocenters. The summed E-state index contributed by atoms with van der Waals surface area (Å²) < 4.78 is 0. The van der Waals surface area contributed by atoms with E-state index in [1.165, 1.54) is 11.1 Å². The van der Waals surface area contributed by atoms with E-state index in [1.807, 2.05) is 12.3 Å². The highest BCUT2D eigenvalue weighted by Crippen LogP contribution is 2.32. The Labute approximate surface area is 126 Å². The van der Waals surface area contributed by atoms with E-state index in [9.17, 15) is 0 Å². The monoisotopic (exact) mass is 284 g/mol. The Morgan fingerprint density at radius 3 is 2.71 bits per heavy atom.